The van der Waals surface area contributed by atoms with Crippen LogP contribution in [0.1, 0.15) is 18.9 Å². The zero-order valence-electron chi connectivity index (χ0n) is 13.9. The molecule has 0 saturated carbocycles. The molecule has 0 spiro atoms. The standard InChI is InChI=1S/C17H27ClN4O/c1-2-19-17(21-14-15-5-3-6-16(18)13-15)20-7-4-8-22-9-11-23-12-10-22/h3,5-6,13H,2,4,7-12,14H2,1H3,(H2,19,20,21). The van der Waals surface area contributed by atoms with E-state index in [-0.39, 0.29) is 0 Å². The first kappa shape index (κ1) is 18.0. The first-order valence-corrected chi connectivity index (χ1v) is 8.72. The summed E-state index contributed by atoms with van der Waals surface area (Å²) < 4.78 is 5.36. The van der Waals surface area contributed by atoms with Gasteiger partial charge in [-0.3, -0.25) is 4.90 Å². The lowest BCUT2D eigenvalue weighted by molar-refractivity contribution is 0.0376. The number of hydrogen-bond donors (Lipinski definition) is 2. The molecular formula is C17H27ClN4O. The molecule has 6 heteroatoms. The van der Waals surface area contributed by atoms with Crippen LogP contribution in [0.25, 0.3) is 0 Å². The second-order valence-corrected chi connectivity index (χ2v) is 6.00. The molecule has 5 nitrogen and oxygen atoms in total. The minimum Gasteiger partial charge on any atom is -0.379 e. The van der Waals surface area contributed by atoms with Gasteiger partial charge in [-0.1, -0.05) is 23.7 Å². The maximum atomic E-state index is 6.00. The maximum Gasteiger partial charge on any atom is 0.191 e. The number of nitrogens with one attached hydrogen (secondary N) is 2. The van der Waals surface area contributed by atoms with Crippen LogP contribution in [0, 0.1) is 0 Å². The molecule has 0 aliphatic carbocycles. The maximum absolute atomic E-state index is 6.00. The monoisotopic (exact) mass is 338 g/mol. The van der Waals surface area contributed by atoms with E-state index in [1.54, 1.807) is 0 Å². The van der Waals surface area contributed by atoms with Crippen LogP contribution >= 0.6 is 11.6 Å². The van der Waals surface area contributed by atoms with Crippen molar-refractivity contribution in [1.82, 2.24) is 15.5 Å². The lowest BCUT2D eigenvalue weighted by Gasteiger charge is -2.26. The highest BCUT2D eigenvalue weighted by atomic mass is 35.5. The highest BCUT2D eigenvalue weighted by molar-refractivity contribution is 6.30. The summed E-state index contributed by atoms with van der Waals surface area (Å²) in [5.41, 5.74) is 1.11. The summed E-state index contributed by atoms with van der Waals surface area (Å²) >= 11 is 6.00. The lowest BCUT2D eigenvalue weighted by atomic mass is 10.2. The summed E-state index contributed by atoms with van der Waals surface area (Å²) in [6.45, 7) is 9.37. The number of morpholine rings is 1. The van der Waals surface area contributed by atoms with E-state index in [1.165, 1.54) is 0 Å². The third-order valence-corrected chi connectivity index (χ3v) is 3.94. The minimum absolute atomic E-state index is 0.624. The molecule has 1 fully saturated rings. The molecule has 0 unspecified atom stereocenters. The van der Waals surface area contributed by atoms with Crippen LogP contribution < -0.4 is 10.6 Å². The Hall–Kier alpha value is -1.30. The van der Waals surface area contributed by atoms with Gasteiger partial charge in [0.2, 0.25) is 0 Å². The second kappa shape index (κ2) is 10.5. The van der Waals surface area contributed by atoms with Gasteiger partial charge in [0.15, 0.2) is 5.96 Å². The van der Waals surface area contributed by atoms with Gasteiger partial charge in [0.05, 0.1) is 19.8 Å². The summed E-state index contributed by atoms with van der Waals surface area (Å²) in [6, 6.07) is 7.82. The average molecular weight is 339 g/mol. The SMILES string of the molecule is CCNC(=NCc1cccc(Cl)c1)NCCCN1CCOCC1. The van der Waals surface area contributed by atoms with Crippen molar-refractivity contribution in [2.24, 2.45) is 4.99 Å². The van der Waals surface area contributed by atoms with Crippen molar-refractivity contribution in [3.05, 3.63) is 34.9 Å². The number of rotatable bonds is 7. The van der Waals surface area contributed by atoms with E-state index in [4.69, 9.17) is 16.3 Å². The van der Waals surface area contributed by atoms with E-state index in [2.05, 4.69) is 27.4 Å². The molecule has 0 amide bonds. The quantitative estimate of drug-likeness (QED) is 0.454. The van der Waals surface area contributed by atoms with Crippen molar-refractivity contribution in [3.63, 3.8) is 0 Å². The number of ether oxygens (including phenoxy) is 1. The third kappa shape index (κ3) is 7.20. The molecule has 1 aliphatic rings. The van der Waals surface area contributed by atoms with Crippen molar-refractivity contribution in [2.75, 3.05) is 45.9 Å². The van der Waals surface area contributed by atoms with E-state index in [0.717, 1.165) is 68.9 Å². The molecule has 1 saturated heterocycles. The van der Waals surface area contributed by atoms with Crippen LogP contribution in [0.3, 0.4) is 0 Å². The average Bonchev–Trinajstić information content (AvgIpc) is 2.57. The Morgan fingerprint density at radius 3 is 2.87 bits per heavy atom. The molecule has 1 aliphatic heterocycles. The predicted octanol–water partition coefficient (Wildman–Crippen LogP) is 2.12. The fraction of sp³-hybridized carbons (Fsp3) is 0.588. The summed E-state index contributed by atoms with van der Waals surface area (Å²) in [4.78, 5) is 7.06. The smallest absolute Gasteiger partial charge is 0.191 e. The molecule has 2 N–H and O–H groups in total. The van der Waals surface area contributed by atoms with Crippen LogP contribution in [-0.4, -0.2) is 56.8 Å². The van der Waals surface area contributed by atoms with Crippen LogP contribution in [0.5, 0.6) is 0 Å². The molecule has 0 bridgehead atoms. The summed E-state index contributed by atoms with van der Waals surface area (Å²) in [6.07, 6.45) is 1.10. The highest BCUT2D eigenvalue weighted by Gasteiger charge is 2.09. The van der Waals surface area contributed by atoms with Gasteiger partial charge in [-0.2, -0.15) is 0 Å². The Morgan fingerprint density at radius 1 is 1.30 bits per heavy atom. The molecule has 128 valence electrons. The second-order valence-electron chi connectivity index (χ2n) is 5.56. The van der Waals surface area contributed by atoms with Crippen molar-refractivity contribution >= 4 is 17.6 Å². The van der Waals surface area contributed by atoms with Crippen LogP contribution in [0.15, 0.2) is 29.3 Å². The number of halogens is 1. The fourth-order valence-electron chi connectivity index (χ4n) is 2.48. The third-order valence-electron chi connectivity index (χ3n) is 3.70. The highest BCUT2D eigenvalue weighted by Crippen LogP contribution is 2.11. The van der Waals surface area contributed by atoms with Gasteiger partial charge >= 0.3 is 0 Å². The first-order chi connectivity index (χ1) is 11.3. The molecule has 2 rings (SSSR count). The Bertz CT molecular complexity index is 489. The molecule has 0 radical (unpaired) electrons. The van der Waals surface area contributed by atoms with Gasteiger partial charge in [-0.25, -0.2) is 4.99 Å². The fourth-order valence-corrected chi connectivity index (χ4v) is 2.69. The molecule has 1 aromatic rings. The molecule has 23 heavy (non-hydrogen) atoms. The number of benzene rings is 1. The lowest BCUT2D eigenvalue weighted by Crippen LogP contribution is -2.40. The van der Waals surface area contributed by atoms with E-state index < -0.39 is 0 Å². The van der Waals surface area contributed by atoms with Gasteiger partial charge < -0.3 is 15.4 Å². The van der Waals surface area contributed by atoms with Crippen molar-refractivity contribution in [2.45, 2.75) is 19.9 Å². The minimum atomic E-state index is 0.624. The normalized spacial score (nSPS) is 16.3. The zero-order valence-corrected chi connectivity index (χ0v) is 14.6. The van der Waals surface area contributed by atoms with Gasteiger partial charge in [0.1, 0.15) is 0 Å². The van der Waals surface area contributed by atoms with Gasteiger partial charge in [-0.05, 0) is 37.6 Å². The molecular weight excluding hydrogens is 312 g/mol. The molecule has 1 aromatic carbocycles. The van der Waals surface area contributed by atoms with Crippen LogP contribution in [0.4, 0.5) is 0 Å². The first-order valence-electron chi connectivity index (χ1n) is 8.34. The van der Waals surface area contributed by atoms with Crippen molar-refractivity contribution in [1.29, 1.82) is 0 Å². The van der Waals surface area contributed by atoms with E-state index in [9.17, 15) is 0 Å². The largest absolute Gasteiger partial charge is 0.379 e. The Labute approximate surface area is 144 Å². The summed E-state index contributed by atoms with van der Waals surface area (Å²) in [5.74, 6) is 0.856. The van der Waals surface area contributed by atoms with Gasteiger partial charge in [0.25, 0.3) is 0 Å². The topological polar surface area (TPSA) is 48.9 Å². The van der Waals surface area contributed by atoms with Crippen LogP contribution in [0.2, 0.25) is 5.02 Å². The van der Waals surface area contributed by atoms with Gasteiger partial charge in [-0.15, -0.1) is 0 Å². The number of nitrogens with zero attached hydrogens (tertiary/aromatic N) is 2. The van der Waals surface area contributed by atoms with E-state index >= 15 is 0 Å². The number of aliphatic imine (C=N–C) groups is 1. The summed E-state index contributed by atoms with van der Waals surface area (Å²) in [5, 5.41) is 7.42. The van der Waals surface area contributed by atoms with Crippen molar-refractivity contribution in [3.8, 4) is 0 Å². The molecule has 0 atom stereocenters. The van der Waals surface area contributed by atoms with Crippen molar-refractivity contribution < 1.29 is 4.74 Å². The number of hydrogen-bond acceptors (Lipinski definition) is 3. The van der Waals surface area contributed by atoms with E-state index in [1.807, 2.05) is 24.3 Å². The molecule has 0 aromatic heterocycles. The number of guanidine groups is 1. The van der Waals surface area contributed by atoms with Crippen LogP contribution in [-0.2, 0) is 11.3 Å². The Kier molecular flexibility index (Phi) is 8.21. The zero-order chi connectivity index (χ0) is 16.3. The Balaban J connectivity index is 1.72. The predicted molar refractivity (Wildman–Crippen MR) is 96.1 cm³/mol. The van der Waals surface area contributed by atoms with E-state index in [0.29, 0.717) is 6.54 Å². The Morgan fingerprint density at radius 2 is 2.13 bits per heavy atom. The molecule has 1 heterocycles. The van der Waals surface area contributed by atoms with Gasteiger partial charge in [0, 0.05) is 31.2 Å². The summed E-state index contributed by atoms with van der Waals surface area (Å²) in [7, 11) is 0.